The third kappa shape index (κ3) is 14.8. The summed E-state index contributed by atoms with van der Waals surface area (Å²) in [6, 6.07) is 7.19. The molecule has 1 fully saturated rings. The smallest absolute Gasteiger partial charge is 0.243 e. The zero-order chi connectivity index (χ0) is 34.7. The molecule has 0 radical (unpaired) electrons. The monoisotopic (exact) mass is 672 g/mol. The van der Waals surface area contributed by atoms with Gasteiger partial charge in [-0.15, -0.1) is 24.7 Å². The number of aliphatic hydroxyl groups is 2. The van der Waals surface area contributed by atoms with Gasteiger partial charge in [0.05, 0.1) is 29.9 Å². The minimum Gasteiger partial charge on any atom is -0.390 e. The molecule has 1 aliphatic carbocycles. The number of carbonyl (C=O) groups is 2. The Morgan fingerprint density at radius 3 is 2.36 bits per heavy atom. The van der Waals surface area contributed by atoms with Crippen molar-refractivity contribution >= 4 is 21.8 Å². The fourth-order valence-corrected chi connectivity index (χ4v) is 7.40. The van der Waals surface area contributed by atoms with Crippen LogP contribution in [-0.2, 0) is 26.0 Å². The number of aliphatic hydroxyl groups excluding tert-OH is 2. The number of carbonyl (C=O) groups excluding carboxylic acids is 2. The highest BCUT2D eigenvalue weighted by molar-refractivity contribution is 7.89. The number of hydrogen-bond donors (Lipinski definition) is 5. The van der Waals surface area contributed by atoms with Crippen molar-refractivity contribution in [3.63, 3.8) is 0 Å². The van der Waals surface area contributed by atoms with E-state index in [-0.39, 0.29) is 31.7 Å². The molecule has 0 spiro atoms. The van der Waals surface area contributed by atoms with Gasteiger partial charge in [0.15, 0.2) is 0 Å². The van der Waals surface area contributed by atoms with Crippen molar-refractivity contribution < 1.29 is 28.2 Å². The Hall–Kier alpha value is -2.93. The van der Waals surface area contributed by atoms with Gasteiger partial charge in [-0.25, -0.2) is 12.7 Å². The number of hydrogen-bond acceptors (Lipinski definition) is 7. The van der Waals surface area contributed by atoms with E-state index >= 15 is 0 Å². The van der Waals surface area contributed by atoms with Crippen molar-refractivity contribution in [2.45, 2.75) is 108 Å². The van der Waals surface area contributed by atoms with Crippen LogP contribution in [0.25, 0.3) is 0 Å². The Labute approximate surface area is 282 Å². The van der Waals surface area contributed by atoms with Crippen molar-refractivity contribution in [2.24, 2.45) is 11.8 Å². The van der Waals surface area contributed by atoms with Crippen molar-refractivity contribution in [3.05, 3.63) is 35.9 Å². The number of terminal acetylenes is 2. The third-order valence-corrected chi connectivity index (χ3v) is 10.8. The maximum absolute atomic E-state index is 13.8. The van der Waals surface area contributed by atoms with Crippen molar-refractivity contribution in [3.8, 4) is 24.7 Å². The third-order valence-electron chi connectivity index (χ3n) is 8.83. The summed E-state index contributed by atoms with van der Waals surface area (Å²) in [7, 11) is -2.33. The lowest BCUT2D eigenvalue weighted by Crippen LogP contribution is -2.56. The average Bonchev–Trinajstić information content (AvgIpc) is 3.06. The summed E-state index contributed by atoms with van der Waals surface area (Å²) in [5.41, 5.74) is 0.780. The zero-order valence-electron chi connectivity index (χ0n) is 28.2. The second-order valence-corrected chi connectivity index (χ2v) is 14.8. The number of sulfonamides is 1. The Bertz CT molecular complexity index is 1260. The molecule has 0 bridgehead atoms. The molecule has 0 aromatic heterocycles. The Morgan fingerprint density at radius 2 is 1.72 bits per heavy atom. The van der Waals surface area contributed by atoms with Crippen LogP contribution in [0, 0.1) is 36.5 Å². The summed E-state index contributed by atoms with van der Waals surface area (Å²) in [6.45, 7) is 3.54. The molecule has 1 saturated carbocycles. The highest BCUT2D eigenvalue weighted by atomic mass is 32.2. The van der Waals surface area contributed by atoms with E-state index in [9.17, 15) is 28.2 Å². The summed E-state index contributed by atoms with van der Waals surface area (Å²) in [5.74, 6) is 2.60. The van der Waals surface area contributed by atoms with E-state index in [0.29, 0.717) is 25.8 Å². The normalized spacial score (nSPS) is 17.1. The fourth-order valence-electron chi connectivity index (χ4n) is 6.00. The molecule has 0 saturated heterocycles. The first-order valence-corrected chi connectivity index (χ1v) is 18.7. The van der Waals surface area contributed by atoms with Crippen LogP contribution in [0.2, 0.25) is 0 Å². The summed E-state index contributed by atoms with van der Waals surface area (Å²) in [5, 5.41) is 30.7. The van der Waals surface area contributed by atoms with Crippen molar-refractivity contribution in [2.75, 3.05) is 32.4 Å². The Kier molecular flexibility index (Phi) is 18.7. The summed E-state index contributed by atoms with van der Waals surface area (Å²) in [6.07, 6.45) is 16.5. The molecular weight excluding hydrogens is 616 g/mol. The van der Waals surface area contributed by atoms with Crippen molar-refractivity contribution in [1.29, 1.82) is 0 Å². The first-order chi connectivity index (χ1) is 22.5. The van der Waals surface area contributed by atoms with E-state index in [1.165, 1.54) is 11.4 Å². The number of benzene rings is 1. The van der Waals surface area contributed by atoms with Crippen LogP contribution >= 0.6 is 0 Å². The molecule has 0 unspecified atom stereocenters. The Balaban J connectivity index is 2.24. The minimum absolute atomic E-state index is 0.137. The number of rotatable bonds is 22. The topological polar surface area (TPSA) is 148 Å². The predicted octanol–water partition coefficient (Wildman–Crippen LogP) is 2.60. The lowest BCUT2D eigenvalue weighted by Gasteiger charge is -2.33. The quantitative estimate of drug-likeness (QED) is 0.0940. The molecule has 1 aromatic rings. The largest absolute Gasteiger partial charge is 0.390 e. The molecular formula is C36H56N4O6S. The highest BCUT2D eigenvalue weighted by Gasteiger charge is 2.34. The standard InChI is InChI=1S/C36H56N4O6S/c1-5-8-11-21-33(41)34(42)32(26-29-19-14-10-15-20-29)39-36(44)31(16-6-2)38-35(43)30(25-28-17-12-9-13-18-28)27-47(45,46)40(4)24-23-37-22-7-3/h1-2,9,12-13,17-18,29-34,37,41-42H,7-8,10-11,14-16,19-27H2,3-4H3,(H,38,43)(H,39,44)/t30-,31+,32+,33+,34-/m1/s1. The van der Waals surface area contributed by atoms with Crippen molar-refractivity contribution in [1.82, 2.24) is 20.3 Å². The fraction of sp³-hybridized carbons (Fsp3) is 0.667. The summed E-state index contributed by atoms with van der Waals surface area (Å²) < 4.78 is 28.0. The van der Waals surface area contributed by atoms with Crippen LogP contribution in [0.3, 0.4) is 0 Å². The predicted molar refractivity (Wildman–Crippen MR) is 186 cm³/mol. The number of amides is 2. The van der Waals surface area contributed by atoms with E-state index in [4.69, 9.17) is 12.8 Å². The molecule has 5 N–H and O–H groups in total. The van der Waals surface area contributed by atoms with Gasteiger partial charge in [-0.1, -0.05) is 69.4 Å². The summed E-state index contributed by atoms with van der Waals surface area (Å²) in [4.78, 5) is 27.4. The van der Waals surface area contributed by atoms with Gasteiger partial charge < -0.3 is 26.2 Å². The van der Waals surface area contributed by atoms with Gasteiger partial charge in [0.2, 0.25) is 21.8 Å². The molecule has 0 aliphatic heterocycles. The van der Waals surface area contributed by atoms with Crippen LogP contribution in [0.4, 0.5) is 0 Å². The second-order valence-electron chi connectivity index (χ2n) is 12.7. The molecule has 5 atom stereocenters. The number of nitrogens with zero attached hydrogens (tertiary/aromatic N) is 1. The molecule has 0 heterocycles. The van der Waals surface area contributed by atoms with Crippen LogP contribution in [-0.4, -0.2) is 91.5 Å². The van der Waals surface area contributed by atoms with Gasteiger partial charge >= 0.3 is 0 Å². The minimum atomic E-state index is -3.83. The molecule has 1 aliphatic rings. The molecule has 1 aromatic carbocycles. The maximum Gasteiger partial charge on any atom is 0.243 e. The van der Waals surface area contributed by atoms with Gasteiger partial charge in [0.25, 0.3) is 0 Å². The highest BCUT2D eigenvalue weighted by Crippen LogP contribution is 2.29. The Morgan fingerprint density at radius 1 is 1.02 bits per heavy atom. The number of unbranched alkanes of at least 4 members (excludes halogenated alkanes) is 1. The van der Waals surface area contributed by atoms with Gasteiger partial charge in [0.1, 0.15) is 6.04 Å². The first kappa shape index (κ1) is 40.2. The second kappa shape index (κ2) is 21.8. The molecule has 262 valence electrons. The summed E-state index contributed by atoms with van der Waals surface area (Å²) >= 11 is 0. The van der Waals surface area contributed by atoms with E-state index < -0.39 is 57.8 Å². The molecule has 11 heteroatoms. The lowest BCUT2D eigenvalue weighted by molar-refractivity contribution is -0.132. The van der Waals surface area contributed by atoms with Crippen LogP contribution in [0.1, 0.15) is 83.1 Å². The SMILES string of the molecule is C#CCCC[C@H](O)[C@H](O)[C@H](CC1CCCCC1)NC(=O)[C@H](CC#C)NC(=O)[C@H](Cc1ccccc1)CS(=O)(=O)N(C)CCNCCC. The van der Waals surface area contributed by atoms with Gasteiger partial charge in [0, 0.05) is 33.0 Å². The number of likely N-dealkylation sites (N-methyl/N-ethyl adjacent to an activating group) is 1. The van der Waals surface area contributed by atoms with E-state index in [0.717, 1.165) is 50.6 Å². The van der Waals surface area contributed by atoms with Gasteiger partial charge in [-0.05, 0) is 50.1 Å². The molecule has 10 nitrogen and oxygen atoms in total. The molecule has 2 rings (SSSR count). The van der Waals surface area contributed by atoms with Gasteiger partial charge in [-0.2, -0.15) is 0 Å². The number of nitrogens with one attached hydrogen (secondary N) is 3. The molecule has 2 amide bonds. The van der Waals surface area contributed by atoms with E-state index in [1.54, 1.807) is 0 Å². The lowest BCUT2D eigenvalue weighted by atomic mass is 9.82. The first-order valence-electron chi connectivity index (χ1n) is 17.0. The maximum atomic E-state index is 13.8. The zero-order valence-corrected chi connectivity index (χ0v) is 29.0. The van der Waals surface area contributed by atoms with Crippen LogP contribution < -0.4 is 16.0 Å². The average molecular weight is 673 g/mol. The molecule has 47 heavy (non-hydrogen) atoms. The van der Waals surface area contributed by atoms with E-state index in [2.05, 4.69) is 27.8 Å². The van der Waals surface area contributed by atoms with Crippen LogP contribution in [0.5, 0.6) is 0 Å². The van der Waals surface area contributed by atoms with E-state index in [1.807, 2.05) is 37.3 Å². The van der Waals surface area contributed by atoms with Crippen LogP contribution in [0.15, 0.2) is 30.3 Å². The van der Waals surface area contributed by atoms with Gasteiger partial charge in [-0.3, -0.25) is 9.59 Å².